The van der Waals surface area contributed by atoms with E-state index in [-0.39, 0.29) is 11.9 Å². The highest BCUT2D eigenvalue weighted by atomic mass is 16.5. The maximum atomic E-state index is 13.0. The van der Waals surface area contributed by atoms with E-state index in [1.165, 1.54) is 19.3 Å². The minimum atomic E-state index is -0.726. The Morgan fingerprint density at radius 2 is 1.77 bits per heavy atom. The van der Waals surface area contributed by atoms with Crippen LogP contribution in [0.4, 0.5) is 16.4 Å². The standard InChI is InChI=1S/C22H27N5O4/c28-20(29)17-13-25(14-17)12-15-6-8-18(9-7-15)26-10-11-27(22(26)30)21-23-19(31-24-21)16-4-2-1-3-5-16/h6-9,16-17H,1-5,10-14H2,(H,28,29). The summed E-state index contributed by atoms with van der Waals surface area (Å²) < 4.78 is 5.48. The summed E-state index contributed by atoms with van der Waals surface area (Å²) in [6.07, 6.45) is 5.78. The first-order valence-electron chi connectivity index (χ1n) is 11.1. The molecule has 9 heteroatoms. The maximum Gasteiger partial charge on any atom is 0.331 e. The van der Waals surface area contributed by atoms with Gasteiger partial charge in [-0.2, -0.15) is 4.98 Å². The zero-order valence-corrected chi connectivity index (χ0v) is 17.4. The van der Waals surface area contributed by atoms with Gasteiger partial charge in [-0.3, -0.25) is 19.5 Å². The molecule has 164 valence electrons. The number of aliphatic carboxylic acids is 1. The lowest BCUT2D eigenvalue weighted by molar-refractivity contribution is -0.147. The third kappa shape index (κ3) is 4.01. The Balaban J connectivity index is 1.20. The molecule has 2 saturated heterocycles. The van der Waals surface area contributed by atoms with Crippen LogP contribution in [0.2, 0.25) is 0 Å². The highest BCUT2D eigenvalue weighted by Gasteiger charge is 2.35. The molecule has 1 aromatic heterocycles. The van der Waals surface area contributed by atoms with E-state index in [4.69, 9.17) is 9.63 Å². The fraction of sp³-hybridized carbons (Fsp3) is 0.545. The average Bonchev–Trinajstić information content (AvgIpc) is 3.38. The third-order valence-electron chi connectivity index (χ3n) is 6.60. The number of rotatable bonds is 6. The average molecular weight is 425 g/mol. The molecule has 2 aromatic rings. The summed E-state index contributed by atoms with van der Waals surface area (Å²) in [5, 5.41) is 13.1. The van der Waals surface area contributed by atoms with Gasteiger partial charge in [0.2, 0.25) is 5.89 Å². The predicted molar refractivity (Wildman–Crippen MR) is 113 cm³/mol. The number of hydrogen-bond acceptors (Lipinski definition) is 6. The maximum absolute atomic E-state index is 13.0. The number of carbonyl (C=O) groups excluding carboxylic acids is 1. The lowest BCUT2D eigenvalue weighted by atomic mass is 9.89. The van der Waals surface area contributed by atoms with E-state index < -0.39 is 5.97 Å². The van der Waals surface area contributed by atoms with Crippen LogP contribution in [0.25, 0.3) is 0 Å². The van der Waals surface area contributed by atoms with Gasteiger partial charge in [0.1, 0.15) is 0 Å². The fourth-order valence-electron chi connectivity index (χ4n) is 4.71. The Kier molecular flexibility index (Phi) is 5.35. The first-order valence-corrected chi connectivity index (χ1v) is 11.1. The summed E-state index contributed by atoms with van der Waals surface area (Å²) in [6.45, 7) is 2.98. The van der Waals surface area contributed by atoms with E-state index in [1.54, 1.807) is 9.80 Å². The zero-order chi connectivity index (χ0) is 21.4. The molecule has 31 heavy (non-hydrogen) atoms. The molecule has 3 aliphatic rings. The molecule has 1 aromatic carbocycles. The molecule has 1 N–H and O–H groups in total. The summed E-state index contributed by atoms with van der Waals surface area (Å²) in [4.78, 5) is 33.8. The van der Waals surface area contributed by atoms with Gasteiger partial charge in [-0.1, -0.05) is 31.4 Å². The van der Waals surface area contributed by atoms with E-state index in [0.717, 1.165) is 30.6 Å². The Bertz CT molecular complexity index is 947. The van der Waals surface area contributed by atoms with Gasteiger partial charge in [-0.05, 0) is 35.7 Å². The Hall–Kier alpha value is -2.94. The molecule has 0 bridgehead atoms. The van der Waals surface area contributed by atoms with Gasteiger partial charge in [0, 0.05) is 44.3 Å². The van der Waals surface area contributed by atoms with Crippen LogP contribution in [-0.4, -0.2) is 58.3 Å². The molecule has 3 heterocycles. The number of urea groups is 1. The molecular weight excluding hydrogens is 398 g/mol. The predicted octanol–water partition coefficient (Wildman–Crippen LogP) is 3.08. The van der Waals surface area contributed by atoms with Gasteiger partial charge in [-0.25, -0.2) is 4.79 Å². The van der Waals surface area contributed by atoms with Crippen LogP contribution in [0.15, 0.2) is 28.8 Å². The van der Waals surface area contributed by atoms with Crippen molar-refractivity contribution in [2.24, 2.45) is 5.92 Å². The molecule has 0 radical (unpaired) electrons. The zero-order valence-electron chi connectivity index (χ0n) is 17.4. The normalized spacial score (nSPS) is 21.0. The van der Waals surface area contributed by atoms with Gasteiger partial charge in [0.05, 0.1) is 5.92 Å². The molecule has 9 nitrogen and oxygen atoms in total. The quantitative estimate of drug-likeness (QED) is 0.759. The SMILES string of the molecule is O=C(O)C1CN(Cc2ccc(N3CCN(c4noc(C5CCCCC5)n4)C3=O)cc2)C1. The highest BCUT2D eigenvalue weighted by Crippen LogP contribution is 2.33. The van der Waals surface area contributed by atoms with Crippen molar-refractivity contribution in [2.75, 3.05) is 36.0 Å². The number of aromatic nitrogens is 2. The minimum absolute atomic E-state index is 0.143. The number of amides is 2. The van der Waals surface area contributed by atoms with Crippen molar-refractivity contribution in [3.63, 3.8) is 0 Å². The monoisotopic (exact) mass is 425 g/mol. The number of hydrogen-bond donors (Lipinski definition) is 1. The lowest BCUT2D eigenvalue weighted by Crippen LogP contribution is -2.49. The smallest absolute Gasteiger partial charge is 0.331 e. The molecular formula is C22H27N5O4. The Morgan fingerprint density at radius 1 is 1.06 bits per heavy atom. The number of benzene rings is 1. The van der Waals surface area contributed by atoms with Gasteiger partial charge in [0.15, 0.2) is 0 Å². The van der Waals surface area contributed by atoms with Crippen LogP contribution >= 0.6 is 0 Å². The van der Waals surface area contributed by atoms with Gasteiger partial charge < -0.3 is 9.63 Å². The van der Waals surface area contributed by atoms with Crippen molar-refractivity contribution in [2.45, 2.75) is 44.6 Å². The third-order valence-corrected chi connectivity index (χ3v) is 6.60. The van der Waals surface area contributed by atoms with Crippen LogP contribution < -0.4 is 9.80 Å². The molecule has 0 spiro atoms. The lowest BCUT2D eigenvalue weighted by Gasteiger charge is -2.36. The van der Waals surface area contributed by atoms with Gasteiger partial charge in [0.25, 0.3) is 5.95 Å². The summed E-state index contributed by atoms with van der Waals surface area (Å²) in [6, 6.07) is 7.73. The van der Waals surface area contributed by atoms with Crippen LogP contribution in [-0.2, 0) is 11.3 Å². The number of carbonyl (C=O) groups is 2. The second kappa shape index (κ2) is 8.30. The Labute approximate surface area is 180 Å². The summed E-state index contributed by atoms with van der Waals surface area (Å²) in [7, 11) is 0. The molecule has 5 rings (SSSR count). The van der Waals surface area contributed by atoms with Crippen LogP contribution in [0.1, 0.15) is 49.5 Å². The minimum Gasteiger partial charge on any atom is -0.481 e. The molecule has 0 unspecified atom stereocenters. The van der Waals surface area contributed by atoms with E-state index >= 15 is 0 Å². The van der Waals surface area contributed by atoms with Crippen LogP contribution in [0.3, 0.4) is 0 Å². The van der Waals surface area contributed by atoms with Crippen molar-refractivity contribution < 1.29 is 19.2 Å². The van der Waals surface area contributed by atoms with Crippen molar-refractivity contribution in [3.05, 3.63) is 35.7 Å². The molecule has 2 aliphatic heterocycles. The van der Waals surface area contributed by atoms with E-state index in [2.05, 4.69) is 15.0 Å². The van der Waals surface area contributed by atoms with E-state index in [9.17, 15) is 9.59 Å². The van der Waals surface area contributed by atoms with Crippen LogP contribution in [0, 0.1) is 5.92 Å². The fourth-order valence-corrected chi connectivity index (χ4v) is 4.71. The molecule has 2 amide bonds. The second-order valence-electron chi connectivity index (χ2n) is 8.75. The number of carboxylic acids is 1. The number of anilines is 2. The van der Waals surface area contributed by atoms with Crippen molar-refractivity contribution in [3.8, 4) is 0 Å². The topological polar surface area (TPSA) is 103 Å². The summed E-state index contributed by atoms with van der Waals surface area (Å²) in [5.74, 6) is 0.345. The van der Waals surface area contributed by atoms with Crippen molar-refractivity contribution >= 4 is 23.6 Å². The summed E-state index contributed by atoms with van der Waals surface area (Å²) in [5.41, 5.74) is 1.94. The first kappa shape index (κ1) is 20.0. The number of likely N-dealkylation sites (tertiary alicyclic amines) is 1. The van der Waals surface area contributed by atoms with Gasteiger partial charge >= 0.3 is 12.0 Å². The van der Waals surface area contributed by atoms with Crippen LogP contribution in [0.5, 0.6) is 0 Å². The van der Waals surface area contributed by atoms with Crippen molar-refractivity contribution in [1.29, 1.82) is 0 Å². The Morgan fingerprint density at radius 3 is 2.48 bits per heavy atom. The largest absolute Gasteiger partial charge is 0.481 e. The first-order chi connectivity index (χ1) is 15.1. The number of carboxylic acid groups (broad SMARTS) is 1. The highest BCUT2D eigenvalue weighted by molar-refractivity contribution is 6.05. The number of nitrogens with zero attached hydrogens (tertiary/aromatic N) is 5. The van der Waals surface area contributed by atoms with E-state index in [0.29, 0.717) is 43.9 Å². The second-order valence-corrected chi connectivity index (χ2v) is 8.75. The van der Waals surface area contributed by atoms with Gasteiger partial charge in [-0.15, -0.1) is 0 Å². The molecule has 3 fully saturated rings. The molecule has 0 atom stereocenters. The molecule has 1 saturated carbocycles. The summed E-state index contributed by atoms with van der Waals surface area (Å²) >= 11 is 0. The van der Waals surface area contributed by atoms with Crippen molar-refractivity contribution in [1.82, 2.24) is 15.0 Å². The molecule has 1 aliphatic carbocycles. The van der Waals surface area contributed by atoms with E-state index in [1.807, 2.05) is 24.3 Å².